The van der Waals surface area contributed by atoms with Gasteiger partial charge in [0.2, 0.25) is 0 Å². The van der Waals surface area contributed by atoms with Crippen LogP contribution in [-0.4, -0.2) is 24.2 Å². The Morgan fingerprint density at radius 2 is 1.45 bits per heavy atom. The zero-order valence-electron chi connectivity index (χ0n) is 12.8. The molecule has 1 N–H and O–H groups in total. The number of carbonyl (C=O) groups excluding carboxylic acids is 2. The molecule has 3 heteroatoms. The van der Waals surface area contributed by atoms with Gasteiger partial charge in [-0.3, -0.25) is 9.59 Å². The Labute approximate surface area is 130 Å². The van der Waals surface area contributed by atoms with Crippen LogP contribution in [0.5, 0.6) is 0 Å². The molecule has 0 aromatic heterocycles. The molecule has 2 aromatic carbocycles. The maximum Gasteiger partial charge on any atom is 0.194 e. The van der Waals surface area contributed by atoms with Crippen molar-refractivity contribution < 1.29 is 9.59 Å². The lowest BCUT2D eigenvalue weighted by atomic mass is 9.83. The molecule has 1 aliphatic rings. The topological polar surface area (TPSA) is 46.2 Å². The Kier molecular flexibility index (Phi) is 3.90. The van der Waals surface area contributed by atoms with Gasteiger partial charge in [0, 0.05) is 28.3 Å². The first-order chi connectivity index (χ1) is 10.6. The van der Waals surface area contributed by atoms with E-state index in [4.69, 9.17) is 0 Å². The van der Waals surface area contributed by atoms with Crippen molar-refractivity contribution in [3.8, 4) is 0 Å². The maximum atomic E-state index is 12.6. The maximum absolute atomic E-state index is 12.6. The lowest BCUT2D eigenvalue weighted by Crippen LogP contribution is -2.25. The molecule has 0 radical (unpaired) electrons. The van der Waals surface area contributed by atoms with Crippen molar-refractivity contribution in [2.24, 2.45) is 0 Å². The van der Waals surface area contributed by atoms with Gasteiger partial charge < -0.3 is 5.32 Å². The zero-order chi connectivity index (χ0) is 15.7. The highest BCUT2D eigenvalue weighted by Gasteiger charge is 2.29. The summed E-state index contributed by atoms with van der Waals surface area (Å²) in [5, 5.41) is 3.36. The van der Waals surface area contributed by atoms with Crippen molar-refractivity contribution in [1.29, 1.82) is 0 Å². The minimum atomic E-state index is -0.0583. The average molecular weight is 293 g/mol. The highest BCUT2D eigenvalue weighted by atomic mass is 16.1. The Bertz CT molecular complexity index is 747. The Balaban J connectivity index is 1.92. The smallest absolute Gasteiger partial charge is 0.194 e. The van der Waals surface area contributed by atoms with Crippen LogP contribution in [0, 0.1) is 0 Å². The normalized spacial score (nSPS) is 13.2. The van der Waals surface area contributed by atoms with Gasteiger partial charge in [-0.2, -0.15) is 0 Å². The molecule has 0 fully saturated rings. The molecule has 112 valence electrons. The number of benzene rings is 2. The predicted octanol–water partition coefficient (Wildman–Crippen LogP) is 3.00. The third-order valence-corrected chi connectivity index (χ3v) is 3.96. The molecular weight excluding hydrogens is 274 g/mol. The summed E-state index contributed by atoms with van der Waals surface area (Å²) in [5.74, 6) is -0.110. The van der Waals surface area contributed by atoms with Crippen molar-refractivity contribution in [1.82, 2.24) is 5.32 Å². The summed E-state index contributed by atoms with van der Waals surface area (Å²) in [5.41, 5.74) is 3.15. The average Bonchev–Trinajstić information content (AvgIpc) is 2.52. The molecule has 3 rings (SSSR count). The molecule has 3 nitrogen and oxygen atoms in total. The lowest BCUT2D eigenvalue weighted by Gasteiger charge is -2.18. The van der Waals surface area contributed by atoms with E-state index in [1.165, 1.54) is 0 Å². The van der Waals surface area contributed by atoms with Crippen LogP contribution < -0.4 is 5.32 Å². The monoisotopic (exact) mass is 293 g/mol. The van der Waals surface area contributed by atoms with E-state index < -0.39 is 0 Å². The summed E-state index contributed by atoms with van der Waals surface area (Å²) in [6, 6.07) is 13.1. The van der Waals surface area contributed by atoms with Crippen molar-refractivity contribution in [2.75, 3.05) is 6.54 Å². The van der Waals surface area contributed by atoms with Gasteiger partial charge in [0.25, 0.3) is 0 Å². The second-order valence-electron chi connectivity index (χ2n) is 5.94. The molecule has 0 aliphatic heterocycles. The van der Waals surface area contributed by atoms with E-state index >= 15 is 0 Å². The SMILES string of the molecule is CC(C)NCCc1ccc2c(c1)C(=O)c1ccccc1C2=O. The van der Waals surface area contributed by atoms with Crippen molar-refractivity contribution in [3.63, 3.8) is 0 Å². The highest BCUT2D eigenvalue weighted by Crippen LogP contribution is 2.27. The zero-order valence-corrected chi connectivity index (χ0v) is 12.8. The number of carbonyl (C=O) groups is 2. The number of nitrogens with one attached hydrogen (secondary N) is 1. The molecule has 0 spiro atoms. The van der Waals surface area contributed by atoms with Gasteiger partial charge >= 0.3 is 0 Å². The van der Waals surface area contributed by atoms with Crippen LogP contribution in [0.1, 0.15) is 51.3 Å². The second-order valence-corrected chi connectivity index (χ2v) is 5.94. The fourth-order valence-electron chi connectivity index (χ4n) is 2.81. The number of rotatable bonds is 4. The Morgan fingerprint density at radius 3 is 2.09 bits per heavy atom. The van der Waals surface area contributed by atoms with Gasteiger partial charge in [-0.25, -0.2) is 0 Å². The van der Waals surface area contributed by atoms with E-state index in [9.17, 15) is 9.59 Å². The van der Waals surface area contributed by atoms with Gasteiger partial charge in [0.1, 0.15) is 0 Å². The van der Waals surface area contributed by atoms with E-state index in [2.05, 4.69) is 19.2 Å². The summed E-state index contributed by atoms with van der Waals surface area (Å²) in [6.07, 6.45) is 0.842. The highest BCUT2D eigenvalue weighted by molar-refractivity contribution is 6.28. The van der Waals surface area contributed by atoms with Crippen LogP contribution >= 0.6 is 0 Å². The Hall–Kier alpha value is -2.26. The summed E-state index contributed by atoms with van der Waals surface area (Å²) >= 11 is 0. The second kappa shape index (κ2) is 5.85. The van der Waals surface area contributed by atoms with E-state index in [0.29, 0.717) is 28.3 Å². The standard InChI is InChI=1S/C19H19NO2/c1-12(2)20-10-9-13-7-8-16-17(11-13)19(22)15-6-4-3-5-14(15)18(16)21/h3-8,11-12,20H,9-10H2,1-2H3. The van der Waals surface area contributed by atoms with Crippen LogP contribution in [0.4, 0.5) is 0 Å². The number of hydrogen-bond donors (Lipinski definition) is 1. The summed E-state index contributed by atoms with van der Waals surface area (Å²) < 4.78 is 0. The van der Waals surface area contributed by atoms with Crippen molar-refractivity contribution in [2.45, 2.75) is 26.3 Å². The minimum Gasteiger partial charge on any atom is -0.314 e. The fraction of sp³-hybridized carbons (Fsp3) is 0.263. The molecular formula is C19H19NO2. The summed E-state index contributed by atoms with van der Waals surface area (Å²) in [4.78, 5) is 25.1. The predicted molar refractivity (Wildman–Crippen MR) is 86.6 cm³/mol. The molecule has 0 atom stereocenters. The van der Waals surface area contributed by atoms with Gasteiger partial charge in [-0.1, -0.05) is 50.2 Å². The molecule has 0 heterocycles. The molecule has 1 aliphatic carbocycles. The van der Waals surface area contributed by atoms with Crippen LogP contribution in [0.2, 0.25) is 0 Å². The van der Waals surface area contributed by atoms with Gasteiger partial charge in [0.15, 0.2) is 11.6 Å². The first-order valence-electron chi connectivity index (χ1n) is 7.62. The molecule has 0 bridgehead atoms. The quantitative estimate of drug-likeness (QED) is 0.804. The van der Waals surface area contributed by atoms with E-state index in [-0.39, 0.29) is 11.6 Å². The lowest BCUT2D eigenvalue weighted by molar-refractivity contribution is 0.0979. The summed E-state index contributed by atoms with van der Waals surface area (Å²) in [6.45, 7) is 5.06. The van der Waals surface area contributed by atoms with Gasteiger partial charge in [-0.15, -0.1) is 0 Å². The minimum absolute atomic E-state index is 0.0520. The van der Waals surface area contributed by atoms with Crippen molar-refractivity contribution in [3.05, 3.63) is 70.3 Å². The summed E-state index contributed by atoms with van der Waals surface area (Å²) in [7, 11) is 0. The van der Waals surface area contributed by atoms with Crippen LogP contribution in [0.3, 0.4) is 0 Å². The Morgan fingerprint density at radius 1 is 0.864 bits per heavy atom. The third kappa shape index (κ3) is 2.60. The molecule has 22 heavy (non-hydrogen) atoms. The van der Waals surface area contributed by atoms with Crippen LogP contribution in [0.15, 0.2) is 42.5 Å². The molecule has 0 saturated carbocycles. The van der Waals surface area contributed by atoms with Crippen LogP contribution in [-0.2, 0) is 6.42 Å². The first-order valence-corrected chi connectivity index (χ1v) is 7.62. The van der Waals surface area contributed by atoms with Crippen molar-refractivity contribution >= 4 is 11.6 Å². The van der Waals surface area contributed by atoms with E-state index in [1.54, 1.807) is 30.3 Å². The van der Waals surface area contributed by atoms with E-state index in [1.807, 2.05) is 12.1 Å². The first kappa shape index (κ1) is 14.7. The van der Waals surface area contributed by atoms with E-state index in [0.717, 1.165) is 18.5 Å². The number of hydrogen-bond acceptors (Lipinski definition) is 3. The molecule has 2 aromatic rings. The fourth-order valence-corrected chi connectivity index (χ4v) is 2.81. The molecule has 0 amide bonds. The largest absolute Gasteiger partial charge is 0.314 e. The molecule has 0 saturated heterocycles. The number of fused-ring (bicyclic) bond motifs is 2. The van der Waals surface area contributed by atoms with Crippen LogP contribution in [0.25, 0.3) is 0 Å². The van der Waals surface area contributed by atoms with Gasteiger partial charge in [-0.05, 0) is 24.6 Å². The van der Waals surface area contributed by atoms with Gasteiger partial charge in [0.05, 0.1) is 0 Å². The third-order valence-electron chi connectivity index (χ3n) is 3.96. The number of ketones is 2. The molecule has 0 unspecified atom stereocenters.